The SMILES string of the molecule is COc1ccc(Cl)cc1NC(=O)C1CCN(Cc2ccccc2C)CC1. The van der Waals surface area contributed by atoms with Crippen LogP contribution in [0.5, 0.6) is 5.75 Å². The van der Waals surface area contributed by atoms with Gasteiger partial charge in [-0.3, -0.25) is 9.69 Å². The molecule has 0 aromatic heterocycles. The summed E-state index contributed by atoms with van der Waals surface area (Å²) < 4.78 is 5.30. The van der Waals surface area contributed by atoms with E-state index in [2.05, 4.69) is 41.4 Å². The molecular weight excluding hydrogens is 348 g/mol. The van der Waals surface area contributed by atoms with Gasteiger partial charge in [0.2, 0.25) is 5.91 Å². The standard InChI is InChI=1S/C21H25ClN2O2/c1-15-5-3-4-6-17(15)14-24-11-9-16(10-12-24)21(25)23-19-13-18(22)7-8-20(19)26-2/h3-8,13,16H,9-12,14H2,1-2H3,(H,23,25). The number of rotatable bonds is 5. The first-order chi connectivity index (χ1) is 12.6. The molecule has 1 amide bonds. The molecule has 2 aromatic carbocycles. The fourth-order valence-electron chi connectivity index (χ4n) is 3.39. The van der Waals surface area contributed by atoms with Gasteiger partial charge in [0.25, 0.3) is 0 Å². The molecule has 3 rings (SSSR count). The molecule has 1 aliphatic rings. The van der Waals surface area contributed by atoms with Gasteiger partial charge in [0.1, 0.15) is 5.75 Å². The van der Waals surface area contributed by atoms with Crippen molar-refractivity contribution >= 4 is 23.2 Å². The number of nitrogens with one attached hydrogen (secondary N) is 1. The molecule has 2 aromatic rings. The van der Waals surface area contributed by atoms with E-state index >= 15 is 0 Å². The van der Waals surface area contributed by atoms with Crippen molar-refractivity contribution in [2.75, 3.05) is 25.5 Å². The number of methoxy groups -OCH3 is 1. The van der Waals surface area contributed by atoms with Crippen LogP contribution in [0.3, 0.4) is 0 Å². The number of benzene rings is 2. The molecule has 0 unspecified atom stereocenters. The molecule has 0 saturated carbocycles. The number of ether oxygens (including phenoxy) is 1. The van der Waals surface area contributed by atoms with Crippen molar-refractivity contribution in [3.8, 4) is 5.75 Å². The fourth-order valence-corrected chi connectivity index (χ4v) is 3.57. The number of hydrogen-bond acceptors (Lipinski definition) is 3. The highest BCUT2D eigenvalue weighted by molar-refractivity contribution is 6.31. The summed E-state index contributed by atoms with van der Waals surface area (Å²) in [6.45, 7) is 4.95. The third-order valence-corrected chi connectivity index (χ3v) is 5.27. The lowest BCUT2D eigenvalue weighted by Crippen LogP contribution is -2.37. The van der Waals surface area contributed by atoms with Gasteiger partial charge in [0.15, 0.2) is 0 Å². The predicted molar refractivity (Wildman–Crippen MR) is 106 cm³/mol. The normalized spacial score (nSPS) is 15.7. The summed E-state index contributed by atoms with van der Waals surface area (Å²) in [5.41, 5.74) is 3.31. The summed E-state index contributed by atoms with van der Waals surface area (Å²) >= 11 is 6.04. The van der Waals surface area contributed by atoms with Crippen molar-refractivity contribution in [3.63, 3.8) is 0 Å². The van der Waals surface area contributed by atoms with E-state index in [-0.39, 0.29) is 11.8 Å². The fraction of sp³-hybridized carbons (Fsp3) is 0.381. The molecular formula is C21H25ClN2O2. The molecule has 138 valence electrons. The molecule has 0 bridgehead atoms. The van der Waals surface area contributed by atoms with E-state index in [1.807, 2.05) is 0 Å². The van der Waals surface area contributed by atoms with Gasteiger partial charge in [-0.1, -0.05) is 35.9 Å². The topological polar surface area (TPSA) is 41.6 Å². The Hall–Kier alpha value is -2.04. The van der Waals surface area contributed by atoms with E-state index in [9.17, 15) is 4.79 Å². The van der Waals surface area contributed by atoms with Gasteiger partial charge < -0.3 is 10.1 Å². The Morgan fingerprint density at radius 2 is 1.96 bits per heavy atom. The number of carbonyl (C=O) groups is 1. The molecule has 1 aliphatic heterocycles. The van der Waals surface area contributed by atoms with Gasteiger partial charge in [-0.05, 0) is 62.2 Å². The van der Waals surface area contributed by atoms with Gasteiger partial charge in [0, 0.05) is 17.5 Å². The number of anilines is 1. The Labute approximate surface area is 160 Å². The predicted octanol–water partition coefficient (Wildman–Crippen LogP) is 4.51. The van der Waals surface area contributed by atoms with Crippen LogP contribution in [0.2, 0.25) is 5.02 Å². The molecule has 1 N–H and O–H groups in total. The largest absolute Gasteiger partial charge is 0.495 e. The lowest BCUT2D eigenvalue weighted by atomic mass is 9.95. The summed E-state index contributed by atoms with van der Waals surface area (Å²) in [5, 5.41) is 3.56. The summed E-state index contributed by atoms with van der Waals surface area (Å²) in [6.07, 6.45) is 1.72. The van der Waals surface area contributed by atoms with Crippen LogP contribution < -0.4 is 10.1 Å². The van der Waals surface area contributed by atoms with E-state index in [0.29, 0.717) is 16.5 Å². The maximum atomic E-state index is 12.6. The minimum absolute atomic E-state index is 0.0202. The minimum Gasteiger partial charge on any atom is -0.495 e. The maximum Gasteiger partial charge on any atom is 0.227 e. The van der Waals surface area contributed by atoms with Crippen molar-refractivity contribution in [2.45, 2.75) is 26.3 Å². The molecule has 1 saturated heterocycles. The van der Waals surface area contributed by atoms with Crippen molar-refractivity contribution in [2.24, 2.45) is 5.92 Å². The van der Waals surface area contributed by atoms with E-state index in [4.69, 9.17) is 16.3 Å². The Morgan fingerprint density at radius 1 is 1.23 bits per heavy atom. The molecule has 0 radical (unpaired) electrons. The van der Waals surface area contributed by atoms with Gasteiger partial charge in [-0.2, -0.15) is 0 Å². The monoisotopic (exact) mass is 372 g/mol. The van der Waals surface area contributed by atoms with E-state index < -0.39 is 0 Å². The Kier molecular flexibility index (Phi) is 6.17. The molecule has 1 heterocycles. The van der Waals surface area contributed by atoms with Crippen LogP contribution in [-0.2, 0) is 11.3 Å². The van der Waals surface area contributed by atoms with Crippen LogP contribution in [0.1, 0.15) is 24.0 Å². The second-order valence-electron chi connectivity index (χ2n) is 6.81. The van der Waals surface area contributed by atoms with Crippen molar-refractivity contribution < 1.29 is 9.53 Å². The first-order valence-electron chi connectivity index (χ1n) is 8.98. The van der Waals surface area contributed by atoms with Crippen LogP contribution in [0.15, 0.2) is 42.5 Å². The number of carbonyl (C=O) groups excluding carboxylic acids is 1. The van der Waals surface area contributed by atoms with Crippen LogP contribution in [0.4, 0.5) is 5.69 Å². The average Bonchev–Trinajstić information content (AvgIpc) is 2.64. The van der Waals surface area contributed by atoms with Crippen molar-refractivity contribution in [1.82, 2.24) is 4.90 Å². The zero-order valence-corrected chi connectivity index (χ0v) is 16.1. The molecule has 5 heteroatoms. The van der Waals surface area contributed by atoms with Gasteiger partial charge in [-0.25, -0.2) is 0 Å². The highest BCUT2D eigenvalue weighted by atomic mass is 35.5. The van der Waals surface area contributed by atoms with E-state index in [1.165, 1.54) is 11.1 Å². The third kappa shape index (κ3) is 4.57. The lowest BCUT2D eigenvalue weighted by molar-refractivity contribution is -0.121. The summed E-state index contributed by atoms with van der Waals surface area (Å²) in [4.78, 5) is 15.1. The van der Waals surface area contributed by atoms with E-state index in [1.54, 1.807) is 25.3 Å². The third-order valence-electron chi connectivity index (χ3n) is 5.03. The van der Waals surface area contributed by atoms with Gasteiger partial charge in [0.05, 0.1) is 12.8 Å². The number of halogens is 1. The number of aryl methyl sites for hydroxylation is 1. The summed E-state index contributed by atoms with van der Waals surface area (Å²) in [6, 6.07) is 13.7. The molecule has 0 atom stereocenters. The molecule has 0 spiro atoms. The molecule has 1 fully saturated rings. The van der Waals surface area contributed by atoms with E-state index in [0.717, 1.165) is 32.5 Å². The quantitative estimate of drug-likeness (QED) is 0.839. The Balaban J connectivity index is 1.55. The second-order valence-corrected chi connectivity index (χ2v) is 7.25. The second kappa shape index (κ2) is 8.56. The smallest absolute Gasteiger partial charge is 0.227 e. The number of amides is 1. The van der Waals surface area contributed by atoms with Crippen LogP contribution in [0, 0.1) is 12.8 Å². The highest BCUT2D eigenvalue weighted by Gasteiger charge is 2.25. The lowest BCUT2D eigenvalue weighted by Gasteiger charge is -2.31. The van der Waals surface area contributed by atoms with Crippen molar-refractivity contribution in [3.05, 3.63) is 58.6 Å². The number of nitrogens with zero attached hydrogens (tertiary/aromatic N) is 1. The summed E-state index contributed by atoms with van der Waals surface area (Å²) in [7, 11) is 1.59. The zero-order chi connectivity index (χ0) is 18.5. The van der Waals surface area contributed by atoms with Crippen LogP contribution in [0.25, 0.3) is 0 Å². The Morgan fingerprint density at radius 3 is 2.65 bits per heavy atom. The van der Waals surface area contributed by atoms with Crippen molar-refractivity contribution in [1.29, 1.82) is 0 Å². The number of hydrogen-bond donors (Lipinski definition) is 1. The first-order valence-corrected chi connectivity index (χ1v) is 9.36. The highest BCUT2D eigenvalue weighted by Crippen LogP contribution is 2.29. The maximum absolute atomic E-state index is 12.6. The first kappa shape index (κ1) is 18.7. The van der Waals surface area contributed by atoms with Gasteiger partial charge in [-0.15, -0.1) is 0 Å². The molecule has 0 aliphatic carbocycles. The zero-order valence-electron chi connectivity index (χ0n) is 15.3. The van der Waals surface area contributed by atoms with Crippen LogP contribution >= 0.6 is 11.6 Å². The molecule has 26 heavy (non-hydrogen) atoms. The number of piperidine rings is 1. The molecule has 4 nitrogen and oxygen atoms in total. The minimum atomic E-state index is 0.0202. The summed E-state index contributed by atoms with van der Waals surface area (Å²) in [5.74, 6) is 0.688. The van der Waals surface area contributed by atoms with Gasteiger partial charge >= 0.3 is 0 Å². The average molecular weight is 373 g/mol. The van der Waals surface area contributed by atoms with Crippen LogP contribution in [-0.4, -0.2) is 31.0 Å². The number of likely N-dealkylation sites (tertiary alicyclic amines) is 1. The Bertz CT molecular complexity index is 770.